The third-order valence-corrected chi connectivity index (χ3v) is 4.91. The van der Waals surface area contributed by atoms with E-state index in [4.69, 9.17) is 9.47 Å². The average Bonchev–Trinajstić information content (AvgIpc) is 2.77. The number of ether oxygens (including phenoxy) is 2. The van der Waals surface area contributed by atoms with Crippen molar-refractivity contribution in [1.29, 1.82) is 0 Å². The summed E-state index contributed by atoms with van der Waals surface area (Å²) in [5, 5.41) is 18.7. The summed E-state index contributed by atoms with van der Waals surface area (Å²) in [6.07, 6.45) is 0. The highest BCUT2D eigenvalue weighted by Gasteiger charge is 2.09. The van der Waals surface area contributed by atoms with Crippen LogP contribution in [0.3, 0.4) is 0 Å². The first kappa shape index (κ1) is 19.4. The summed E-state index contributed by atoms with van der Waals surface area (Å²) in [5.41, 5.74) is 2.36. The van der Waals surface area contributed by atoms with Crippen LogP contribution in [0.5, 0.6) is 34.5 Å². The molecule has 0 saturated carbocycles. The number of rotatable bonds is 6. The second-order valence-electron chi connectivity index (χ2n) is 7.05. The van der Waals surface area contributed by atoms with Crippen LogP contribution >= 0.6 is 0 Å². The molecule has 0 saturated heterocycles. The maximum atomic E-state index is 9.36. The number of hydrogen-bond acceptors (Lipinski definition) is 4. The average molecular weight is 398 g/mol. The van der Waals surface area contributed by atoms with Gasteiger partial charge < -0.3 is 19.7 Å². The fraction of sp³-hybridized carbons (Fsp3) is 0.0769. The third-order valence-electron chi connectivity index (χ3n) is 4.91. The third kappa shape index (κ3) is 4.73. The Morgan fingerprint density at radius 1 is 0.467 bits per heavy atom. The van der Waals surface area contributed by atoms with Crippen LogP contribution in [0, 0.1) is 0 Å². The minimum atomic E-state index is 0.214. The van der Waals surface area contributed by atoms with E-state index >= 15 is 0 Å². The molecule has 0 spiro atoms. The lowest BCUT2D eigenvalue weighted by atomic mass is 9.93. The first-order chi connectivity index (χ1) is 14.6. The van der Waals surface area contributed by atoms with E-state index in [0.717, 1.165) is 11.5 Å². The van der Waals surface area contributed by atoms with Crippen LogP contribution in [0.2, 0.25) is 0 Å². The van der Waals surface area contributed by atoms with Gasteiger partial charge in [0, 0.05) is 5.92 Å². The predicted octanol–water partition coefficient (Wildman–Crippen LogP) is 6.83. The Morgan fingerprint density at radius 2 is 0.733 bits per heavy atom. The van der Waals surface area contributed by atoms with E-state index in [1.807, 2.05) is 24.3 Å². The number of hydrogen-bond donors (Lipinski definition) is 2. The Balaban J connectivity index is 1.41. The molecule has 0 aliphatic heterocycles. The van der Waals surface area contributed by atoms with Crippen LogP contribution in [0.4, 0.5) is 0 Å². The van der Waals surface area contributed by atoms with Gasteiger partial charge in [0.1, 0.15) is 34.5 Å². The van der Waals surface area contributed by atoms with Gasteiger partial charge in [0.2, 0.25) is 0 Å². The maximum Gasteiger partial charge on any atom is 0.127 e. The molecule has 0 aliphatic carbocycles. The van der Waals surface area contributed by atoms with Crippen LogP contribution in [-0.2, 0) is 0 Å². The SMILES string of the molecule is CC(c1ccc(Oc2ccc(O)cc2)cc1)c1ccc(Oc2ccc(O)cc2)cc1. The van der Waals surface area contributed by atoms with Crippen LogP contribution < -0.4 is 9.47 Å². The van der Waals surface area contributed by atoms with Gasteiger partial charge in [0.05, 0.1) is 0 Å². The van der Waals surface area contributed by atoms with Crippen molar-refractivity contribution in [2.75, 3.05) is 0 Å². The van der Waals surface area contributed by atoms with Gasteiger partial charge in [-0.25, -0.2) is 0 Å². The summed E-state index contributed by atoms with van der Waals surface area (Å²) in [6.45, 7) is 2.16. The summed E-state index contributed by atoms with van der Waals surface area (Å²) in [7, 11) is 0. The molecule has 0 atom stereocenters. The van der Waals surface area contributed by atoms with Crippen molar-refractivity contribution in [2.24, 2.45) is 0 Å². The molecule has 4 rings (SSSR count). The van der Waals surface area contributed by atoms with E-state index in [0.29, 0.717) is 11.5 Å². The monoisotopic (exact) mass is 398 g/mol. The molecule has 0 bridgehead atoms. The standard InChI is InChI=1S/C26H22O4/c1-18(19-2-10-23(11-3-19)29-25-14-6-21(27)7-15-25)20-4-12-24(13-5-20)30-26-16-8-22(28)9-17-26/h2-18,27-28H,1H3. The minimum absolute atomic E-state index is 0.214. The highest BCUT2D eigenvalue weighted by molar-refractivity contribution is 5.41. The zero-order valence-corrected chi connectivity index (χ0v) is 16.5. The van der Waals surface area contributed by atoms with E-state index in [9.17, 15) is 10.2 Å². The van der Waals surface area contributed by atoms with Gasteiger partial charge in [-0.1, -0.05) is 31.2 Å². The molecule has 0 heterocycles. The summed E-state index contributed by atoms with van der Waals surface area (Å²) in [5.74, 6) is 3.49. The fourth-order valence-corrected chi connectivity index (χ4v) is 3.14. The van der Waals surface area contributed by atoms with E-state index in [-0.39, 0.29) is 17.4 Å². The van der Waals surface area contributed by atoms with Crippen molar-refractivity contribution in [1.82, 2.24) is 0 Å². The second-order valence-corrected chi connectivity index (χ2v) is 7.05. The fourth-order valence-electron chi connectivity index (χ4n) is 3.14. The lowest BCUT2D eigenvalue weighted by Crippen LogP contribution is -1.96. The first-order valence-corrected chi connectivity index (χ1v) is 9.70. The van der Waals surface area contributed by atoms with Gasteiger partial charge in [0.25, 0.3) is 0 Å². The molecule has 4 aromatic rings. The van der Waals surface area contributed by atoms with Gasteiger partial charge in [-0.05, 0) is 83.9 Å². The lowest BCUT2D eigenvalue weighted by Gasteiger charge is -2.14. The molecule has 0 amide bonds. The van der Waals surface area contributed by atoms with Crippen molar-refractivity contribution in [3.63, 3.8) is 0 Å². The smallest absolute Gasteiger partial charge is 0.127 e. The number of aromatic hydroxyl groups is 2. The van der Waals surface area contributed by atoms with E-state index in [1.54, 1.807) is 48.5 Å². The van der Waals surface area contributed by atoms with E-state index in [1.165, 1.54) is 11.1 Å². The topological polar surface area (TPSA) is 58.9 Å². The molecule has 0 fully saturated rings. The molecule has 0 aromatic heterocycles. The highest BCUT2D eigenvalue weighted by atomic mass is 16.5. The Bertz CT molecular complexity index is 993. The maximum absolute atomic E-state index is 9.36. The summed E-state index contributed by atoms with van der Waals surface area (Å²) < 4.78 is 11.6. The second kappa shape index (κ2) is 8.62. The number of phenols is 2. The number of benzene rings is 4. The van der Waals surface area contributed by atoms with Crippen LogP contribution in [0.15, 0.2) is 97.1 Å². The van der Waals surface area contributed by atoms with Gasteiger partial charge in [-0.2, -0.15) is 0 Å². The molecule has 4 aromatic carbocycles. The minimum Gasteiger partial charge on any atom is -0.508 e. The van der Waals surface area contributed by atoms with E-state index in [2.05, 4.69) is 31.2 Å². The quantitative estimate of drug-likeness (QED) is 0.373. The Morgan fingerprint density at radius 3 is 1.03 bits per heavy atom. The highest BCUT2D eigenvalue weighted by Crippen LogP contribution is 2.30. The lowest BCUT2D eigenvalue weighted by molar-refractivity contribution is 0.464. The molecule has 0 radical (unpaired) electrons. The van der Waals surface area contributed by atoms with Crippen molar-refractivity contribution in [3.05, 3.63) is 108 Å². The van der Waals surface area contributed by atoms with Crippen molar-refractivity contribution >= 4 is 0 Å². The van der Waals surface area contributed by atoms with Crippen molar-refractivity contribution in [2.45, 2.75) is 12.8 Å². The Hall–Kier alpha value is -3.92. The van der Waals surface area contributed by atoms with E-state index < -0.39 is 0 Å². The van der Waals surface area contributed by atoms with Crippen LogP contribution in [0.1, 0.15) is 24.0 Å². The van der Waals surface area contributed by atoms with Crippen LogP contribution in [-0.4, -0.2) is 10.2 Å². The molecule has 30 heavy (non-hydrogen) atoms. The van der Waals surface area contributed by atoms with Gasteiger partial charge in [-0.15, -0.1) is 0 Å². The largest absolute Gasteiger partial charge is 0.508 e. The van der Waals surface area contributed by atoms with Crippen LogP contribution in [0.25, 0.3) is 0 Å². The predicted molar refractivity (Wildman–Crippen MR) is 117 cm³/mol. The molecule has 150 valence electrons. The van der Waals surface area contributed by atoms with Gasteiger partial charge in [-0.3, -0.25) is 0 Å². The summed E-state index contributed by atoms with van der Waals surface area (Å²) in [6, 6.07) is 29.3. The van der Waals surface area contributed by atoms with Crippen molar-refractivity contribution in [3.8, 4) is 34.5 Å². The summed E-state index contributed by atoms with van der Waals surface area (Å²) >= 11 is 0. The molecular weight excluding hydrogens is 376 g/mol. The van der Waals surface area contributed by atoms with Gasteiger partial charge >= 0.3 is 0 Å². The Kier molecular flexibility index (Phi) is 5.57. The molecule has 2 N–H and O–H groups in total. The Labute approximate surface area is 175 Å². The first-order valence-electron chi connectivity index (χ1n) is 9.70. The molecule has 0 unspecified atom stereocenters. The normalized spacial score (nSPS) is 10.7. The summed E-state index contributed by atoms with van der Waals surface area (Å²) in [4.78, 5) is 0. The zero-order chi connectivity index (χ0) is 20.9. The molecule has 0 aliphatic rings. The molecule has 4 heteroatoms. The zero-order valence-electron chi connectivity index (χ0n) is 16.5. The van der Waals surface area contributed by atoms with Crippen molar-refractivity contribution < 1.29 is 19.7 Å². The molecule has 4 nitrogen and oxygen atoms in total. The molecular formula is C26H22O4. The number of phenolic OH excluding ortho intramolecular Hbond substituents is 2. The van der Waals surface area contributed by atoms with Gasteiger partial charge in [0.15, 0.2) is 0 Å².